The first kappa shape index (κ1) is 6.05. The summed E-state index contributed by atoms with van der Waals surface area (Å²) in [7, 11) is 0. The van der Waals surface area contributed by atoms with Crippen molar-refractivity contribution in [1.82, 2.24) is 0 Å². The SMILES string of the molecule is NC1([O])CCCCC1. The van der Waals surface area contributed by atoms with Crippen LogP contribution < -0.4 is 5.73 Å². The molecule has 1 aliphatic rings. The van der Waals surface area contributed by atoms with Crippen molar-refractivity contribution in [2.24, 2.45) is 5.73 Å². The van der Waals surface area contributed by atoms with Gasteiger partial charge in [0, 0.05) is 0 Å². The van der Waals surface area contributed by atoms with Gasteiger partial charge in [0.25, 0.3) is 0 Å². The molecule has 0 atom stereocenters. The standard InChI is InChI=1S/C6H12NO/c7-6(8)4-2-1-3-5-6/h1-5,7H2. The van der Waals surface area contributed by atoms with Gasteiger partial charge < -0.3 is 5.73 Å². The van der Waals surface area contributed by atoms with Crippen molar-refractivity contribution in [1.29, 1.82) is 0 Å². The van der Waals surface area contributed by atoms with Crippen molar-refractivity contribution in [3.05, 3.63) is 0 Å². The number of hydrogen-bond donors (Lipinski definition) is 1. The van der Waals surface area contributed by atoms with E-state index in [1.54, 1.807) is 0 Å². The second-order valence-electron chi connectivity index (χ2n) is 2.63. The van der Waals surface area contributed by atoms with Gasteiger partial charge in [-0.15, -0.1) is 0 Å². The first-order valence-corrected chi connectivity index (χ1v) is 3.20. The Kier molecular flexibility index (Phi) is 1.54. The fraction of sp³-hybridized carbons (Fsp3) is 1.00. The molecule has 1 fully saturated rings. The molecular formula is C6H12NO. The predicted octanol–water partition coefficient (Wildman–Crippen LogP) is 1.04. The summed E-state index contributed by atoms with van der Waals surface area (Å²) in [6.45, 7) is 0. The fourth-order valence-corrected chi connectivity index (χ4v) is 1.15. The van der Waals surface area contributed by atoms with Crippen molar-refractivity contribution in [2.75, 3.05) is 0 Å². The Balaban J connectivity index is 2.33. The summed E-state index contributed by atoms with van der Waals surface area (Å²) in [4.78, 5) is 0. The molecule has 2 nitrogen and oxygen atoms in total. The van der Waals surface area contributed by atoms with Gasteiger partial charge in [-0.3, -0.25) is 0 Å². The normalized spacial score (nSPS) is 27.8. The molecule has 0 unspecified atom stereocenters. The lowest BCUT2D eigenvalue weighted by atomic mass is 9.93. The summed E-state index contributed by atoms with van der Waals surface area (Å²) in [5, 5.41) is 10.9. The smallest absolute Gasteiger partial charge is 0.151 e. The Morgan fingerprint density at radius 2 is 1.62 bits per heavy atom. The van der Waals surface area contributed by atoms with E-state index in [-0.39, 0.29) is 0 Å². The molecule has 0 aromatic rings. The van der Waals surface area contributed by atoms with Gasteiger partial charge in [0.1, 0.15) is 0 Å². The predicted molar refractivity (Wildman–Crippen MR) is 30.7 cm³/mol. The molecule has 2 heteroatoms. The summed E-state index contributed by atoms with van der Waals surface area (Å²) < 4.78 is 0. The number of hydrogen-bond acceptors (Lipinski definition) is 1. The van der Waals surface area contributed by atoms with E-state index in [2.05, 4.69) is 0 Å². The van der Waals surface area contributed by atoms with Gasteiger partial charge in [-0.25, -0.2) is 5.11 Å². The van der Waals surface area contributed by atoms with Crippen LogP contribution in [0.4, 0.5) is 0 Å². The van der Waals surface area contributed by atoms with Crippen molar-refractivity contribution in [2.45, 2.75) is 37.8 Å². The van der Waals surface area contributed by atoms with E-state index in [0.717, 1.165) is 12.8 Å². The molecule has 0 heterocycles. The molecule has 0 aromatic heterocycles. The van der Waals surface area contributed by atoms with E-state index in [4.69, 9.17) is 5.73 Å². The highest BCUT2D eigenvalue weighted by Gasteiger charge is 2.25. The summed E-state index contributed by atoms with van der Waals surface area (Å²) in [5.41, 5.74) is 4.25. The molecule has 0 amide bonds. The van der Waals surface area contributed by atoms with Crippen molar-refractivity contribution >= 4 is 0 Å². The topological polar surface area (TPSA) is 45.9 Å². The Morgan fingerprint density at radius 3 is 1.88 bits per heavy atom. The fourth-order valence-electron chi connectivity index (χ4n) is 1.15. The monoisotopic (exact) mass is 114 g/mol. The first-order chi connectivity index (χ1) is 3.71. The number of rotatable bonds is 0. The van der Waals surface area contributed by atoms with Crippen LogP contribution in [-0.4, -0.2) is 5.72 Å². The van der Waals surface area contributed by atoms with Gasteiger partial charge in [-0.05, 0) is 25.7 Å². The van der Waals surface area contributed by atoms with Gasteiger partial charge in [0.05, 0.1) is 0 Å². The zero-order chi connectivity index (χ0) is 6.04. The van der Waals surface area contributed by atoms with Crippen LogP contribution in [0.2, 0.25) is 0 Å². The highest BCUT2D eigenvalue weighted by molar-refractivity contribution is 4.74. The number of nitrogens with two attached hydrogens (primary N) is 1. The first-order valence-electron chi connectivity index (χ1n) is 3.20. The van der Waals surface area contributed by atoms with Crippen LogP contribution in [0.1, 0.15) is 32.1 Å². The molecule has 0 spiro atoms. The van der Waals surface area contributed by atoms with Crippen molar-refractivity contribution < 1.29 is 5.11 Å². The van der Waals surface area contributed by atoms with Crippen LogP contribution in [-0.2, 0) is 5.11 Å². The van der Waals surface area contributed by atoms with Crippen LogP contribution >= 0.6 is 0 Å². The van der Waals surface area contributed by atoms with E-state index in [9.17, 15) is 5.11 Å². The molecule has 0 aliphatic heterocycles. The molecule has 8 heavy (non-hydrogen) atoms. The molecular weight excluding hydrogens is 102 g/mol. The van der Waals surface area contributed by atoms with Crippen LogP contribution in [0, 0.1) is 0 Å². The van der Waals surface area contributed by atoms with Crippen LogP contribution in [0.25, 0.3) is 0 Å². The zero-order valence-electron chi connectivity index (χ0n) is 5.02. The second kappa shape index (κ2) is 2.03. The van der Waals surface area contributed by atoms with Crippen molar-refractivity contribution in [3.63, 3.8) is 0 Å². The van der Waals surface area contributed by atoms with Gasteiger partial charge >= 0.3 is 0 Å². The third-order valence-corrected chi connectivity index (χ3v) is 1.70. The second-order valence-corrected chi connectivity index (χ2v) is 2.63. The van der Waals surface area contributed by atoms with Crippen LogP contribution in [0.3, 0.4) is 0 Å². The average Bonchev–Trinajstić information content (AvgIpc) is 1.65. The quantitative estimate of drug-likeness (QED) is 0.470. The molecule has 1 saturated carbocycles. The Morgan fingerprint density at radius 1 is 1.12 bits per heavy atom. The minimum atomic E-state index is -1.07. The Bertz CT molecular complexity index is 72.6. The highest BCUT2D eigenvalue weighted by atomic mass is 16.3. The maximum absolute atomic E-state index is 10.9. The Hall–Kier alpha value is -0.0800. The maximum atomic E-state index is 10.9. The lowest BCUT2D eigenvalue weighted by molar-refractivity contribution is -0.0528. The largest absolute Gasteiger partial charge is 0.301 e. The van der Waals surface area contributed by atoms with E-state index >= 15 is 0 Å². The van der Waals surface area contributed by atoms with E-state index < -0.39 is 5.72 Å². The van der Waals surface area contributed by atoms with E-state index in [0.29, 0.717) is 12.8 Å². The molecule has 0 saturated heterocycles. The molecule has 47 valence electrons. The Labute approximate surface area is 49.7 Å². The summed E-state index contributed by atoms with van der Waals surface area (Å²) in [6, 6.07) is 0. The zero-order valence-corrected chi connectivity index (χ0v) is 5.02. The minimum absolute atomic E-state index is 0.674. The molecule has 2 N–H and O–H groups in total. The summed E-state index contributed by atoms with van der Waals surface area (Å²) in [6.07, 6.45) is 4.60. The lowest BCUT2D eigenvalue weighted by Crippen LogP contribution is -2.39. The molecule has 0 bridgehead atoms. The average molecular weight is 114 g/mol. The third-order valence-electron chi connectivity index (χ3n) is 1.70. The molecule has 1 radical (unpaired) electrons. The van der Waals surface area contributed by atoms with Gasteiger partial charge in [0.2, 0.25) is 0 Å². The molecule has 0 aromatic carbocycles. The maximum Gasteiger partial charge on any atom is 0.151 e. The van der Waals surface area contributed by atoms with E-state index in [1.165, 1.54) is 6.42 Å². The van der Waals surface area contributed by atoms with Gasteiger partial charge in [-0.2, -0.15) is 0 Å². The molecule has 1 rings (SSSR count). The van der Waals surface area contributed by atoms with Crippen LogP contribution in [0.5, 0.6) is 0 Å². The van der Waals surface area contributed by atoms with Crippen LogP contribution in [0.15, 0.2) is 0 Å². The van der Waals surface area contributed by atoms with Crippen molar-refractivity contribution in [3.8, 4) is 0 Å². The van der Waals surface area contributed by atoms with Gasteiger partial charge in [-0.1, -0.05) is 6.42 Å². The summed E-state index contributed by atoms with van der Waals surface area (Å²) >= 11 is 0. The van der Waals surface area contributed by atoms with E-state index in [1.807, 2.05) is 0 Å². The highest BCUT2D eigenvalue weighted by Crippen LogP contribution is 2.23. The molecule has 1 aliphatic carbocycles. The van der Waals surface area contributed by atoms with Gasteiger partial charge in [0.15, 0.2) is 5.72 Å². The minimum Gasteiger partial charge on any atom is -0.301 e. The summed E-state index contributed by atoms with van der Waals surface area (Å²) in [5.74, 6) is 0. The lowest BCUT2D eigenvalue weighted by Gasteiger charge is -2.24. The third kappa shape index (κ3) is 1.46.